The van der Waals surface area contributed by atoms with Crippen LogP contribution in [-0.4, -0.2) is 98.2 Å². The number of aliphatic hydroxyl groups is 1. The standard InChI is InChI=1S/C29H24F3N5O9S/c1-11(38)21-25(40)36-22(28(43)44)20(47-26(21)36)10-46-29(45)35-17-7-33-8-19(17)37(18-3-2-12(30)5-16(18)32)9-15(27(41)42)23(39)14-4-13(31)6-34-24(14)37/h2-6,9,11,17,19,21,26,33,38H,7-8,10H2,1H3,(H2-,35,41,42,43,44,45)/p+1/t11-,17?,19?,21-,26-,37-/m1/s1. The number of rotatable bonds is 8. The van der Waals surface area contributed by atoms with Crippen LogP contribution in [0, 0.1) is 23.4 Å². The maximum absolute atomic E-state index is 15.6. The van der Waals surface area contributed by atoms with Gasteiger partial charge in [-0.1, -0.05) is 11.8 Å². The van der Waals surface area contributed by atoms with Gasteiger partial charge in [0.1, 0.15) is 47.1 Å². The number of carboxylic acids is 2. The number of halogens is 3. The molecule has 1 aromatic heterocycles. The number of aliphatic carboxylic acids is 2. The van der Waals surface area contributed by atoms with Gasteiger partial charge in [-0.3, -0.25) is 14.5 Å². The number of ether oxygens (including phenoxy) is 1. The number of β-lactam (4-membered cyclic amide) rings is 1. The number of carbonyl (C=O) groups is 5. The molecule has 0 aliphatic carbocycles. The minimum atomic E-state index is -1.71. The van der Waals surface area contributed by atoms with Gasteiger partial charge < -0.3 is 30.7 Å². The lowest BCUT2D eigenvalue weighted by Gasteiger charge is -2.43. The fraction of sp³-hybridized carbons (Fsp3) is 0.310. The highest BCUT2D eigenvalue weighted by molar-refractivity contribution is 8.04. The number of carboxylic acid groups (broad SMARTS) is 2. The third-order valence-corrected chi connectivity index (χ3v) is 9.80. The Morgan fingerprint density at radius 2 is 1.89 bits per heavy atom. The number of nitrogens with zero attached hydrogens (tertiary/aromatic N) is 3. The quantitative estimate of drug-likeness (QED) is 0.154. The summed E-state index contributed by atoms with van der Waals surface area (Å²) in [7, 11) is 0. The van der Waals surface area contributed by atoms with E-state index in [-0.39, 0.29) is 35.2 Å². The molecule has 0 saturated carbocycles. The summed E-state index contributed by atoms with van der Waals surface area (Å²) in [5.41, 5.74) is -2.07. The van der Waals surface area contributed by atoms with Crippen molar-refractivity contribution < 1.29 is 57.2 Å². The van der Waals surface area contributed by atoms with Crippen molar-refractivity contribution >= 4 is 53.0 Å². The van der Waals surface area contributed by atoms with Crippen LogP contribution in [0.2, 0.25) is 0 Å². The summed E-state index contributed by atoms with van der Waals surface area (Å²) in [6, 6.07) is 1.15. The van der Waals surface area contributed by atoms with Crippen molar-refractivity contribution in [2.45, 2.75) is 30.5 Å². The van der Waals surface area contributed by atoms with Crippen LogP contribution in [0.5, 0.6) is 0 Å². The minimum absolute atomic E-state index is 0.00153. The van der Waals surface area contributed by atoms with Crippen LogP contribution in [0.15, 0.2) is 52.8 Å². The highest BCUT2D eigenvalue weighted by Gasteiger charge is 2.58. The van der Waals surface area contributed by atoms with Crippen LogP contribution in [-0.2, 0) is 19.1 Å². The SMILES string of the molecule is C[C@@H](O)[C@@H]1C(=O)N2C(C(=O)O)=C(COC(=O)NC3CNCC3[N@+]3(c4ccc(F)cc4F)C=C(C(=O)O)C(=O)c4cc(F)cnc43)S[C@H]12. The van der Waals surface area contributed by atoms with Gasteiger partial charge in [0.2, 0.25) is 17.5 Å². The van der Waals surface area contributed by atoms with Gasteiger partial charge in [-0.15, -0.1) is 0 Å². The smallest absolute Gasteiger partial charge is 0.407 e. The number of nitrogens with one attached hydrogen (secondary N) is 2. The molecule has 6 atom stereocenters. The zero-order valence-corrected chi connectivity index (χ0v) is 25.0. The van der Waals surface area contributed by atoms with E-state index >= 15 is 4.39 Å². The van der Waals surface area contributed by atoms with E-state index in [4.69, 9.17) is 4.74 Å². The van der Waals surface area contributed by atoms with Crippen molar-refractivity contribution in [1.29, 1.82) is 0 Å². The molecular weight excluding hydrogens is 651 g/mol. The van der Waals surface area contributed by atoms with E-state index in [0.29, 0.717) is 6.07 Å². The molecule has 5 heterocycles. The third-order valence-electron chi connectivity index (χ3n) is 8.46. The van der Waals surface area contributed by atoms with Crippen LogP contribution in [0.1, 0.15) is 17.3 Å². The Balaban J connectivity index is 1.34. The molecule has 6 rings (SSSR count). The van der Waals surface area contributed by atoms with Crippen molar-refractivity contribution in [2.24, 2.45) is 5.92 Å². The van der Waals surface area contributed by atoms with E-state index in [1.807, 2.05) is 0 Å². The van der Waals surface area contributed by atoms with E-state index in [0.717, 1.165) is 47.3 Å². The first-order chi connectivity index (χ1) is 22.3. The average Bonchev–Trinajstić information content (AvgIpc) is 3.59. The van der Waals surface area contributed by atoms with E-state index in [9.17, 15) is 48.1 Å². The van der Waals surface area contributed by atoms with Crippen LogP contribution < -0.4 is 15.1 Å². The van der Waals surface area contributed by atoms with E-state index in [2.05, 4.69) is 15.6 Å². The van der Waals surface area contributed by atoms with Gasteiger partial charge in [0.25, 0.3) is 0 Å². The lowest BCUT2D eigenvalue weighted by Crippen LogP contribution is -2.61. The van der Waals surface area contributed by atoms with Crippen molar-refractivity contribution in [3.8, 4) is 0 Å². The lowest BCUT2D eigenvalue weighted by atomic mass is 9.92. The lowest BCUT2D eigenvalue weighted by molar-refractivity contribution is -0.156. The molecule has 5 N–H and O–H groups in total. The number of alkyl carbamates (subject to hydrolysis) is 1. The van der Waals surface area contributed by atoms with E-state index in [1.54, 1.807) is 0 Å². The number of hydrogen-bond acceptors (Lipinski definition) is 10. The topological polar surface area (TPSA) is 195 Å². The monoisotopic (exact) mass is 676 g/mol. The molecule has 2 fully saturated rings. The first-order valence-corrected chi connectivity index (χ1v) is 14.9. The Morgan fingerprint density at radius 3 is 2.55 bits per heavy atom. The number of aliphatic hydroxyl groups excluding tert-OH is 1. The highest BCUT2D eigenvalue weighted by Crippen LogP contribution is 2.50. The predicted octanol–water partition coefficient (Wildman–Crippen LogP) is 1.58. The molecule has 18 heteroatoms. The summed E-state index contributed by atoms with van der Waals surface area (Å²) in [4.78, 5) is 68.1. The van der Waals surface area contributed by atoms with Crippen LogP contribution in [0.25, 0.3) is 0 Å². The fourth-order valence-electron chi connectivity index (χ4n) is 6.43. The number of hydrogen-bond donors (Lipinski definition) is 5. The molecule has 2 saturated heterocycles. The molecule has 4 aliphatic heterocycles. The Hall–Kier alpha value is -4.78. The molecule has 2 amide bonds. The molecular formula is C29H25F3N5O9S+. The molecule has 0 spiro atoms. The van der Waals surface area contributed by atoms with Gasteiger partial charge in [0, 0.05) is 18.7 Å². The number of aromatic nitrogens is 1. The maximum atomic E-state index is 15.6. The molecule has 47 heavy (non-hydrogen) atoms. The van der Waals surface area contributed by atoms with Crippen molar-refractivity contribution in [1.82, 2.24) is 25.0 Å². The molecule has 4 aliphatic rings. The summed E-state index contributed by atoms with van der Waals surface area (Å²) in [6.45, 7) is 0.784. The summed E-state index contributed by atoms with van der Waals surface area (Å²) < 4.78 is 48.4. The number of thioether (sulfide) groups is 1. The number of fused-ring (bicyclic) bond motifs is 2. The Bertz CT molecular complexity index is 1820. The number of pyridine rings is 1. The van der Waals surface area contributed by atoms with Gasteiger partial charge in [-0.25, -0.2) is 37.0 Å². The summed E-state index contributed by atoms with van der Waals surface area (Å²) >= 11 is 0.958. The number of quaternary nitrogens is 1. The van der Waals surface area contributed by atoms with Gasteiger partial charge in [-0.2, -0.15) is 0 Å². The summed E-state index contributed by atoms with van der Waals surface area (Å²) in [5.74, 6) is -9.02. The Kier molecular flexibility index (Phi) is 8.07. The molecule has 1 aromatic carbocycles. The predicted molar refractivity (Wildman–Crippen MR) is 155 cm³/mol. The van der Waals surface area contributed by atoms with Crippen molar-refractivity contribution in [3.63, 3.8) is 0 Å². The molecule has 246 valence electrons. The fourth-order valence-corrected chi connectivity index (χ4v) is 7.95. The third kappa shape index (κ3) is 5.13. The zero-order valence-electron chi connectivity index (χ0n) is 24.1. The molecule has 2 unspecified atom stereocenters. The number of ketones is 1. The van der Waals surface area contributed by atoms with E-state index < -0.39 is 98.9 Å². The van der Waals surface area contributed by atoms with Crippen LogP contribution >= 0.6 is 11.8 Å². The molecule has 2 aromatic rings. The number of benzene rings is 1. The second-order valence-corrected chi connectivity index (χ2v) is 12.4. The number of carbonyl (C=O) groups excluding carboxylic acids is 3. The molecule has 14 nitrogen and oxygen atoms in total. The Morgan fingerprint density at radius 1 is 1.15 bits per heavy atom. The second kappa shape index (κ2) is 11.8. The normalized spacial score (nSPS) is 27.1. The van der Waals surface area contributed by atoms with E-state index in [1.165, 1.54) is 6.92 Å². The van der Waals surface area contributed by atoms with Crippen LogP contribution in [0.3, 0.4) is 0 Å². The largest absolute Gasteiger partial charge is 0.477 e. The molecule has 0 bridgehead atoms. The first kappa shape index (κ1) is 32.2. The first-order valence-electron chi connectivity index (χ1n) is 14.1. The summed E-state index contributed by atoms with van der Waals surface area (Å²) in [6.07, 6.45) is -0.442. The Labute approximate surface area is 267 Å². The number of Topliss-reactive ketones (excluding diaryl/α,β-unsaturated/α-hetero) is 1. The van der Waals surface area contributed by atoms with Gasteiger partial charge in [0.05, 0.1) is 35.7 Å². The summed E-state index contributed by atoms with van der Waals surface area (Å²) in [5, 5.41) is 34.5. The van der Waals surface area contributed by atoms with Gasteiger partial charge >= 0.3 is 18.0 Å². The second-order valence-electron chi connectivity index (χ2n) is 11.2. The minimum Gasteiger partial charge on any atom is -0.477 e. The van der Waals surface area contributed by atoms with Crippen molar-refractivity contribution in [3.05, 3.63) is 75.9 Å². The number of amides is 2. The molecule has 0 radical (unpaired) electrons. The van der Waals surface area contributed by atoms with Gasteiger partial charge in [0.15, 0.2) is 17.1 Å². The van der Waals surface area contributed by atoms with Gasteiger partial charge in [-0.05, 0) is 19.1 Å². The zero-order chi connectivity index (χ0) is 33.9. The average molecular weight is 677 g/mol. The van der Waals surface area contributed by atoms with Crippen LogP contribution in [0.4, 0.5) is 29.5 Å². The maximum Gasteiger partial charge on any atom is 0.407 e. The highest BCUT2D eigenvalue weighted by atomic mass is 32.2. The van der Waals surface area contributed by atoms with Crippen molar-refractivity contribution in [2.75, 3.05) is 19.7 Å².